The van der Waals surface area contributed by atoms with E-state index < -0.39 is 0 Å². The minimum atomic E-state index is -0.256. The van der Waals surface area contributed by atoms with Crippen molar-refractivity contribution < 1.29 is 4.79 Å². The molecule has 2 heterocycles. The van der Waals surface area contributed by atoms with Crippen molar-refractivity contribution in [1.82, 2.24) is 15.3 Å². The van der Waals surface area contributed by atoms with E-state index in [1.54, 1.807) is 11.3 Å². The standard InChI is InChI=1S/C19H21ClN4OS/c1-11-9-14-15(22-18(20)23-17(14)26-11)21-10-12-5-7-13(8-6-12)16(25)24-19(2,3)4/h5-9H,10H2,1-4H3,(H,24,25)(H,21,22,23). The number of carbonyl (C=O) groups excluding carboxylic acids is 1. The van der Waals surface area contributed by atoms with Gasteiger partial charge in [0, 0.05) is 22.5 Å². The highest BCUT2D eigenvalue weighted by Gasteiger charge is 2.15. The molecule has 0 fully saturated rings. The number of rotatable bonds is 4. The van der Waals surface area contributed by atoms with Gasteiger partial charge in [0.1, 0.15) is 10.6 Å². The summed E-state index contributed by atoms with van der Waals surface area (Å²) in [4.78, 5) is 22.8. The molecule has 0 saturated heterocycles. The van der Waals surface area contributed by atoms with Gasteiger partial charge in [-0.3, -0.25) is 4.79 Å². The van der Waals surface area contributed by atoms with E-state index in [9.17, 15) is 4.79 Å². The fourth-order valence-electron chi connectivity index (χ4n) is 2.52. The Morgan fingerprint density at radius 2 is 1.88 bits per heavy atom. The molecule has 0 saturated carbocycles. The summed E-state index contributed by atoms with van der Waals surface area (Å²) in [5.74, 6) is 0.647. The predicted molar refractivity (Wildman–Crippen MR) is 108 cm³/mol. The van der Waals surface area contributed by atoms with Gasteiger partial charge in [-0.2, -0.15) is 0 Å². The highest BCUT2D eigenvalue weighted by Crippen LogP contribution is 2.29. The number of anilines is 1. The SMILES string of the molecule is Cc1cc2c(NCc3ccc(C(=O)NC(C)(C)C)cc3)nc(Cl)nc2s1. The molecule has 0 spiro atoms. The lowest BCUT2D eigenvalue weighted by Gasteiger charge is -2.20. The second-order valence-corrected chi connectivity index (χ2v) is 8.74. The van der Waals surface area contributed by atoms with Crippen LogP contribution in [0.3, 0.4) is 0 Å². The maximum atomic E-state index is 12.2. The number of aromatic nitrogens is 2. The zero-order valence-electron chi connectivity index (χ0n) is 15.2. The van der Waals surface area contributed by atoms with E-state index in [1.165, 1.54) is 0 Å². The van der Waals surface area contributed by atoms with E-state index in [0.717, 1.165) is 26.5 Å². The van der Waals surface area contributed by atoms with Crippen LogP contribution >= 0.6 is 22.9 Å². The summed E-state index contributed by atoms with van der Waals surface area (Å²) in [5.41, 5.74) is 1.44. The highest BCUT2D eigenvalue weighted by atomic mass is 35.5. The fraction of sp³-hybridized carbons (Fsp3) is 0.316. The molecule has 7 heteroatoms. The van der Waals surface area contributed by atoms with Crippen LogP contribution in [-0.4, -0.2) is 21.4 Å². The van der Waals surface area contributed by atoms with Crippen molar-refractivity contribution in [2.45, 2.75) is 39.8 Å². The molecule has 1 aromatic carbocycles. The summed E-state index contributed by atoms with van der Waals surface area (Å²) in [6, 6.07) is 9.58. The van der Waals surface area contributed by atoms with Crippen LogP contribution in [0.15, 0.2) is 30.3 Å². The fourth-order valence-corrected chi connectivity index (χ4v) is 3.62. The van der Waals surface area contributed by atoms with Gasteiger partial charge in [0.05, 0.1) is 5.39 Å². The van der Waals surface area contributed by atoms with Crippen LogP contribution in [0.25, 0.3) is 10.2 Å². The second kappa shape index (κ2) is 7.21. The van der Waals surface area contributed by atoms with Crippen LogP contribution in [0.1, 0.15) is 41.6 Å². The number of fused-ring (bicyclic) bond motifs is 1. The molecular formula is C19H21ClN4OS. The summed E-state index contributed by atoms with van der Waals surface area (Å²) < 4.78 is 0. The number of nitrogens with zero attached hydrogens (tertiary/aromatic N) is 2. The van der Waals surface area contributed by atoms with E-state index in [0.29, 0.717) is 12.1 Å². The lowest BCUT2D eigenvalue weighted by atomic mass is 10.1. The number of halogens is 1. The molecule has 0 bridgehead atoms. The zero-order chi connectivity index (χ0) is 18.9. The normalized spacial score (nSPS) is 11.6. The average molecular weight is 389 g/mol. The van der Waals surface area contributed by atoms with Gasteiger partial charge in [0.2, 0.25) is 5.28 Å². The molecule has 3 aromatic rings. The molecule has 5 nitrogen and oxygen atoms in total. The second-order valence-electron chi connectivity index (χ2n) is 7.17. The number of nitrogens with one attached hydrogen (secondary N) is 2. The Balaban J connectivity index is 1.72. The summed E-state index contributed by atoms with van der Waals surface area (Å²) >= 11 is 7.61. The van der Waals surface area contributed by atoms with Gasteiger partial charge in [0.15, 0.2) is 0 Å². The van der Waals surface area contributed by atoms with Crippen LogP contribution in [0.2, 0.25) is 5.28 Å². The van der Waals surface area contributed by atoms with Crippen molar-refractivity contribution in [1.29, 1.82) is 0 Å². The Labute approximate surface area is 161 Å². The van der Waals surface area contributed by atoms with Gasteiger partial charge in [-0.15, -0.1) is 11.3 Å². The number of hydrogen-bond donors (Lipinski definition) is 2. The summed E-state index contributed by atoms with van der Waals surface area (Å²) in [7, 11) is 0. The smallest absolute Gasteiger partial charge is 0.251 e. The van der Waals surface area contributed by atoms with Gasteiger partial charge in [-0.25, -0.2) is 9.97 Å². The monoisotopic (exact) mass is 388 g/mol. The predicted octanol–water partition coefficient (Wildman–Crippen LogP) is 4.79. The van der Waals surface area contributed by atoms with Crippen molar-refractivity contribution in [2.75, 3.05) is 5.32 Å². The number of hydrogen-bond acceptors (Lipinski definition) is 5. The molecule has 2 aromatic heterocycles. The Morgan fingerprint density at radius 1 is 1.19 bits per heavy atom. The molecule has 1 amide bonds. The van der Waals surface area contributed by atoms with Gasteiger partial charge >= 0.3 is 0 Å². The maximum absolute atomic E-state index is 12.2. The van der Waals surface area contributed by atoms with E-state index >= 15 is 0 Å². The van der Waals surface area contributed by atoms with E-state index in [1.807, 2.05) is 52.0 Å². The molecular weight excluding hydrogens is 368 g/mol. The van der Waals surface area contributed by atoms with E-state index in [2.05, 4.69) is 26.7 Å². The van der Waals surface area contributed by atoms with Crippen molar-refractivity contribution in [3.05, 3.63) is 51.6 Å². The number of benzene rings is 1. The van der Waals surface area contributed by atoms with Gasteiger partial charge in [0.25, 0.3) is 5.91 Å². The van der Waals surface area contributed by atoms with Crippen LogP contribution in [0, 0.1) is 6.92 Å². The van der Waals surface area contributed by atoms with Crippen molar-refractivity contribution in [2.24, 2.45) is 0 Å². The minimum Gasteiger partial charge on any atom is -0.365 e. The molecule has 0 unspecified atom stereocenters. The molecule has 136 valence electrons. The molecule has 0 radical (unpaired) electrons. The summed E-state index contributed by atoms with van der Waals surface area (Å²) in [6.45, 7) is 8.50. The van der Waals surface area contributed by atoms with Crippen molar-refractivity contribution >= 4 is 44.9 Å². The first kappa shape index (κ1) is 18.6. The van der Waals surface area contributed by atoms with Gasteiger partial charge < -0.3 is 10.6 Å². The maximum Gasteiger partial charge on any atom is 0.251 e. The third kappa shape index (κ3) is 4.51. The molecule has 26 heavy (non-hydrogen) atoms. The first-order valence-corrected chi connectivity index (χ1v) is 9.50. The van der Waals surface area contributed by atoms with Crippen molar-refractivity contribution in [3.8, 4) is 0 Å². The molecule has 0 atom stereocenters. The minimum absolute atomic E-state index is 0.0740. The first-order valence-electron chi connectivity index (χ1n) is 8.30. The van der Waals surface area contributed by atoms with Crippen LogP contribution < -0.4 is 10.6 Å². The third-order valence-corrected chi connectivity index (χ3v) is 4.77. The highest BCUT2D eigenvalue weighted by molar-refractivity contribution is 7.18. The first-order chi connectivity index (χ1) is 12.2. The van der Waals surface area contributed by atoms with Gasteiger partial charge in [-0.1, -0.05) is 12.1 Å². The Hall–Kier alpha value is -2.18. The Morgan fingerprint density at radius 3 is 2.54 bits per heavy atom. The molecule has 0 aliphatic rings. The zero-order valence-corrected chi connectivity index (χ0v) is 16.8. The lowest BCUT2D eigenvalue weighted by molar-refractivity contribution is 0.0919. The van der Waals surface area contributed by atoms with Crippen molar-refractivity contribution in [3.63, 3.8) is 0 Å². The topological polar surface area (TPSA) is 66.9 Å². The molecule has 0 aliphatic heterocycles. The van der Waals surface area contributed by atoms with Crippen LogP contribution in [0.5, 0.6) is 0 Å². The lowest BCUT2D eigenvalue weighted by Crippen LogP contribution is -2.40. The summed E-state index contributed by atoms with van der Waals surface area (Å²) in [6.07, 6.45) is 0. The molecule has 3 rings (SSSR count). The van der Waals surface area contributed by atoms with E-state index in [4.69, 9.17) is 11.6 Å². The molecule has 0 aliphatic carbocycles. The number of amides is 1. The Bertz CT molecular complexity index is 945. The number of aryl methyl sites for hydroxylation is 1. The van der Waals surface area contributed by atoms with Crippen LogP contribution in [-0.2, 0) is 6.54 Å². The van der Waals surface area contributed by atoms with E-state index in [-0.39, 0.29) is 16.7 Å². The summed E-state index contributed by atoms with van der Waals surface area (Å²) in [5, 5.41) is 7.47. The number of carbonyl (C=O) groups is 1. The average Bonchev–Trinajstić information content (AvgIpc) is 2.91. The Kier molecular flexibility index (Phi) is 5.16. The third-order valence-electron chi connectivity index (χ3n) is 3.65. The largest absolute Gasteiger partial charge is 0.365 e. The van der Waals surface area contributed by atoms with Gasteiger partial charge in [-0.05, 0) is 63.1 Å². The quantitative estimate of drug-likeness (QED) is 0.630. The number of thiophene rings is 1. The molecule has 2 N–H and O–H groups in total. The van der Waals surface area contributed by atoms with Crippen LogP contribution in [0.4, 0.5) is 5.82 Å².